The fraction of sp³-hybridized carbons (Fsp3) is 0.480. The standard InChI is InChI=1S/C25H31ClN4O2/c1-6-32-24(31)25(5)12-7-13-29(15-25)23-22(16(2)3)17(4)27-21-14-20(28-30(21)23)18-8-10-19(26)11-9-18/h8-11,14,16H,6-7,12-13,15H2,1-5H3. The normalized spacial score (nSPS) is 19.0. The number of hydrogen-bond acceptors (Lipinski definition) is 5. The third-order valence-electron chi connectivity index (χ3n) is 6.29. The van der Waals surface area contributed by atoms with Crippen LogP contribution in [0.15, 0.2) is 30.3 Å². The Morgan fingerprint density at radius 2 is 2.00 bits per heavy atom. The predicted molar refractivity (Wildman–Crippen MR) is 128 cm³/mol. The lowest BCUT2D eigenvalue weighted by molar-refractivity contribution is -0.154. The zero-order valence-corrected chi connectivity index (χ0v) is 20.2. The summed E-state index contributed by atoms with van der Waals surface area (Å²) in [6.07, 6.45) is 1.74. The van der Waals surface area contributed by atoms with Gasteiger partial charge < -0.3 is 9.64 Å². The van der Waals surface area contributed by atoms with E-state index in [0.717, 1.165) is 53.4 Å². The minimum Gasteiger partial charge on any atom is -0.466 e. The van der Waals surface area contributed by atoms with Crippen molar-refractivity contribution in [2.75, 3.05) is 24.6 Å². The molecule has 1 atom stereocenters. The smallest absolute Gasteiger partial charge is 0.313 e. The van der Waals surface area contributed by atoms with E-state index in [1.807, 2.05) is 48.7 Å². The second-order valence-electron chi connectivity index (χ2n) is 9.20. The van der Waals surface area contributed by atoms with Crippen LogP contribution in [-0.2, 0) is 9.53 Å². The molecule has 0 bridgehead atoms. The van der Waals surface area contributed by atoms with Crippen LogP contribution in [0.3, 0.4) is 0 Å². The van der Waals surface area contributed by atoms with Crippen LogP contribution in [0.25, 0.3) is 16.9 Å². The molecule has 1 aromatic carbocycles. The zero-order valence-electron chi connectivity index (χ0n) is 19.5. The number of aromatic nitrogens is 3. The van der Waals surface area contributed by atoms with Gasteiger partial charge in [-0.3, -0.25) is 4.79 Å². The van der Waals surface area contributed by atoms with E-state index in [1.165, 1.54) is 0 Å². The summed E-state index contributed by atoms with van der Waals surface area (Å²) in [5.74, 6) is 1.17. The summed E-state index contributed by atoms with van der Waals surface area (Å²) in [5.41, 5.74) is 4.25. The molecule has 0 radical (unpaired) electrons. The van der Waals surface area contributed by atoms with Gasteiger partial charge in [-0.25, -0.2) is 4.98 Å². The fourth-order valence-corrected chi connectivity index (χ4v) is 4.87. The molecule has 7 heteroatoms. The average Bonchev–Trinajstić information content (AvgIpc) is 3.16. The van der Waals surface area contributed by atoms with Crippen molar-refractivity contribution in [1.82, 2.24) is 14.6 Å². The average molecular weight is 455 g/mol. The van der Waals surface area contributed by atoms with E-state index in [-0.39, 0.29) is 11.9 Å². The summed E-state index contributed by atoms with van der Waals surface area (Å²) >= 11 is 6.07. The maximum absolute atomic E-state index is 12.8. The van der Waals surface area contributed by atoms with Crippen LogP contribution >= 0.6 is 11.6 Å². The first-order valence-electron chi connectivity index (χ1n) is 11.3. The third-order valence-corrected chi connectivity index (χ3v) is 6.54. The molecule has 170 valence electrons. The number of carbonyl (C=O) groups is 1. The van der Waals surface area contributed by atoms with Crippen LogP contribution in [0.1, 0.15) is 57.7 Å². The Bertz CT molecular complexity index is 1140. The molecule has 6 nitrogen and oxygen atoms in total. The first kappa shape index (κ1) is 22.6. The van der Waals surface area contributed by atoms with Crippen LogP contribution in [-0.4, -0.2) is 40.3 Å². The summed E-state index contributed by atoms with van der Waals surface area (Å²) in [6, 6.07) is 9.70. The van der Waals surface area contributed by atoms with Gasteiger partial charge in [0.15, 0.2) is 5.65 Å². The van der Waals surface area contributed by atoms with Gasteiger partial charge in [0.1, 0.15) is 5.82 Å². The van der Waals surface area contributed by atoms with E-state index in [4.69, 9.17) is 26.4 Å². The SMILES string of the molecule is CCOC(=O)C1(C)CCCN(c2c(C(C)C)c(C)nc3cc(-c4ccc(Cl)cc4)nn23)C1. The van der Waals surface area contributed by atoms with E-state index in [1.54, 1.807) is 0 Å². The molecular weight excluding hydrogens is 424 g/mol. The van der Waals surface area contributed by atoms with Crippen LogP contribution in [0, 0.1) is 12.3 Å². The lowest BCUT2D eigenvalue weighted by atomic mass is 9.81. The maximum Gasteiger partial charge on any atom is 0.313 e. The van der Waals surface area contributed by atoms with Gasteiger partial charge in [0, 0.05) is 41.0 Å². The number of rotatable bonds is 5. The number of fused-ring (bicyclic) bond motifs is 1. The molecule has 3 heterocycles. The fourth-order valence-electron chi connectivity index (χ4n) is 4.75. The second kappa shape index (κ2) is 8.74. The molecule has 1 unspecified atom stereocenters. The molecule has 3 aromatic rings. The van der Waals surface area contributed by atoms with E-state index in [9.17, 15) is 4.79 Å². The van der Waals surface area contributed by atoms with E-state index >= 15 is 0 Å². The molecule has 0 saturated carbocycles. The lowest BCUT2D eigenvalue weighted by Crippen LogP contribution is -2.48. The molecule has 1 aliphatic rings. The van der Waals surface area contributed by atoms with Gasteiger partial charge in [-0.15, -0.1) is 0 Å². The van der Waals surface area contributed by atoms with E-state index in [2.05, 4.69) is 25.7 Å². The second-order valence-corrected chi connectivity index (χ2v) is 9.64. The molecule has 0 spiro atoms. The van der Waals surface area contributed by atoms with E-state index < -0.39 is 5.41 Å². The third kappa shape index (κ3) is 4.08. The van der Waals surface area contributed by atoms with E-state index in [0.29, 0.717) is 18.2 Å². The number of aryl methyl sites for hydroxylation is 1. The van der Waals surface area contributed by atoms with Crippen molar-refractivity contribution in [3.05, 3.63) is 46.6 Å². The molecule has 4 rings (SSSR count). The minimum atomic E-state index is -0.543. The number of benzene rings is 1. The highest BCUT2D eigenvalue weighted by molar-refractivity contribution is 6.30. The molecule has 1 saturated heterocycles. The summed E-state index contributed by atoms with van der Waals surface area (Å²) in [5, 5.41) is 5.65. The van der Waals surface area contributed by atoms with Crippen molar-refractivity contribution in [1.29, 1.82) is 0 Å². The van der Waals surface area contributed by atoms with Crippen molar-refractivity contribution in [2.45, 2.75) is 53.4 Å². The van der Waals surface area contributed by atoms with Gasteiger partial charge in [-0.2, -0.15) is 9.61 Å². The van der Waals surface area contributed by atoms with Gasteiger partial charge in [-0.05, 0) is 51.7 Å². The zero-order chi connectivity index (χ0) is 23.0. The number of esters is 1. The Labute approximate surface area is 194 Å². The first-order chi connectivity index (χ1) is 15.2. The Balaban J connectivity index is 1.85. The summed E-state index contributed by atoms with van der Waals surface area (Å²) < 4.78 is 7.37. The van der Waals surface area contributed by atoms with Crippen LogP contribution in [0.5, 0.6) is 0 Å². The maximum atomic E-state index is 12.8. The van der Waals surface area contributed by atoms with Gasteiger partial charge in [0.25, 0.3) is 0 Å². The molecule has 32 heavy (non-hydrogen) atoms. The number of hydrogen-bond donors (Lipinski definition) is 0. The number of halogens is 1. The summed E-state index contributed by atoms with van der Waals surface area (Å²) in [6.45, 7) is 12.1. The Kier molecular flexibility index (Phi) is 6.17. The van der Waals surface area contributed by atoms with Crippen molar-refractivity contribution < 1.29 is 9.53 Å². The number of anilines is 1. The van der Waals surface area contributed by atoms with Gasteiger partial charge in [-0.1, -0.05) is 37.6 Å². The highest BCUT2D eigenvalue weighted by Gasteiger charge is 2.40. The highest BCUT2D eigenvalue weighted by Crippen LogP contribution is 2.38. The number of carbonyl (C=O) groups excluding carboxylic acids is 1. The molecule has 2 aromatic heterocycles. The van der Waals surface area contributed by atoms with Crippen LogP contribution in [0.2, 0.25) is 5.02 Å². The van der Waals surface area contributed by atoms with Crippen molar-refractivity contribution in [3.63, 3.8) is 0 Å². The predicted octanol–water partition coefficient (Wildman–Crippen LogP) is 5.65. The summed E-state index contributed by atoms with van der Waals surface area (Å²) in [4.78, 5) is 19.9. The largest absolute Gasteiger partial charge is 0.466 e. The van der Waals surface area contributed by atoms with Crippen molar-refractivity contribution in [2.24, 2.45) is 5.41 Å². The van der Waals surface area contributed by atoms with Crippen molar-refractivity contribution in [3.8, 4) is 11.3 Å². The molecule has 0 amide bonds. The topological polar surface area (TPSA) is 59.7 Å². The van der Waals surface area contributed by atoms with Crippen LogP contribution < -0.4 is 4.90 Å². The van der Waals surface area contributed by atoms with Gasteiger partial charge in [0.05, 0.1) is 17.7 Å². The monoisotopic (exact) mass is 454 g/mol. The first-order valence-corrected chi connectivity index (χ1v) is 11.7. The quantitative estimate of drug-likeness (QED) is 0.466. The van der Waals surface area contributed by atoms with Crippen molar-refractivity contribution >= 4 is 29.0 Å². The lowest BCUT2D eigenvalue weighted by Gasteiger charge is -2.40. The minimum absolute atomic E-state index is 0.125. The van der Waals surface area contributed by atoms with Gasteiger partial charge in [0.2, 0.25) is 0 Å². The summed E-state index contributed by atoms with van der Waals surface area (Å²) in [7, 11) is 0. The molecule has 1 aliphatic heterocycles. The van der Waals surface area contributed by atoms with Gasteiger partial charge >= 0.3 is 5.97 Å². The molecular formula is C25H31ClN4O2. The molecule has 0 N–H and O–H groups in total. The number of ether oxygens (including phenoxy) is 1. The number of piperidine rings is 1. The van der Waals surface area contributed by atoms with Crippen LogP contribution in [0.4, 0.5) is 5.82 Å². The Morgan fingerprint density at radius 1 is 1.28 bits per heavy atom. The molecule has 1 fully saturated rings. The Hall–Kier alpha value is -2.60. The highest BCUT2D eigenvalue weighted by atomic mass is 35.5. The molecule has 0 aliphatic carbocycles. The number of nitrogens with zero attached hydrogens (tertiary/aromatic N) is 4. The Morgan fingerprint density at radius 3 is 2.66 bits per heavy atom.